The summed E-state index contributed by atoms with van der Waals surface area (Å²) in [6.07, 6.45) is 1.68. The van der Waals surface area contributed by atoms with Crippen molar-refractivity contribution in [2.24, 2.45) is 0 Å². The molecule has 0 bridgehead atoms. The highest BCUT2D eigenvalue weighted by Gasteiger charge is 2.23. The van der Waals surface area contributed by atoms with Crippen molar-refractivity contribution in [3.05, 3.63) is 178 Å². The van der Waals surface area contributed by atoms with Crippen LogP contribution in [0, 0.1) is 0 Å². The quantitative estimate of drug-likeness (QED) is 0.0980. The van der Waals surface area contributed by atoms with Crippen LogP contribution >= 0.6 is 35.0 Å². The van der Waals surface area contributed by atoms with Gasteiger partial charge < -0.3 is 16.0 Å². The molecule has 9 heteroatoms. The van der Waals surface area contributed by atoms with Crippen molar-refractivity contribution in [1.82, 2.24) is 5.32 Å². The molecule has 0 aliphatic heterocycles. The van der Waals surface area contributed by atoms with Gasteiger partial charge in [0.1, 0.15) is 10.9 Å². The molecular weight excluding hydrogens is 673 g/mol. The number of amides is 3. The summed E-state index contributed by atoms with van der Waals surface area (Å²) >= 11 is 13.7. The summed E-state index contributed by atoms with van der Waals surface area (Å²) in [6.45, 7) is 0. The molecule has 0 aliphatic carbocycles. The molecule has 0 fully saturated rings. The highest BCUT2D eigenvalue weighted by Crippen LogP contribution is 2.37. The van der Waals surface area contributed by atoms with Gasteiger partial charge in [0, 0.05) is 31.9 Å². The van der Waals surface area contributed by atoms with E-state index < -0.39 is 17.1 Å². The van der Waals surface area contributed by atoms with Crippen molar-refractivity contribution < 1.29 is 14.4 Å². The fourth-order valence-corrected chi connectivity index (χ4v) is 6.80. The van der Waals surface area contributed by atoms with Crippen LogP contribution in [0.15, 0.2) is 156 Å². The van der Waals surface area contributed by atoms with Gasteiger partial charge in [0.15, 0.2) is 0 Å². The number of halogens is 2. The van der Waals surface area contributed by atoms with Gasteiger partial charge in [-0.2, -0.15) is 0 Å². The third kappa shape index (κ3) is 8.77. The standard InChI is InChI=1S/C40H29Cl2N3O3S/c41-30-22-31(42)24-33(23-30)44-40(48)37(27-12-3-1-4-13-27)49-34-19-10-18-32(25-34)43-39(47)36(45-38(46)28-14-5-2-6-15-28)21-29-17-9-16-26-11-7-8-20-35(26)29/h1-25,37H,(H,43,47)(H,44,48)(H,45,46)/b36-21+. The first kappa shape index (κ1) is 33.6. The van der Waals surface area contributed by atoms with Gasteiger partial charge in [-0.15, -0.1) is 11.8 Å². The zero-order chi connectivity index (χ0) is 34.2. The first-order chi connectivity index (χ1) is 23.8. The highest BCUT2D eigenvalue weighted by atomic mass is 35.5. The van der Waals surface area contributed by atoms with E-state index >= 15 is 0 Å². The van der Waals surface area contributed by atoms with E-state index in [4.69, 9.17) is 23.2 Å². The number of nitrogens with one attached hydrogen (secondary N) is 3. The van der Waals surface area contributed by atoms with E-state index in [0.717, 1.165) is 26.8 Å². The second-order valence-corrected chi connectivity index (χ2v) is 13.0. The number of rotatable bonds is 10. The molecule has 0 spiro atoms. The van der Waals surface area contributed by atoms with E-state index in [1.807, 2.05) is 84.9 Å². The molecule has 1 unspecified atom stereocenters. The van der Waals surface area contributed by atoms with E-state index in [2.05, 4.69) is 16.0 Å². The molecule has 0 aliphatic rings. The molecular formula is C40H29Cl2N3O3S. The average Bonchev–Trinajstić information content (AvgIpc) is 3.11. The number of thioether (sulfide) groups is 1. The molecule has 6 nitrogen and oxygen atoms in total. The lowest BCUT2D eigenvalue weighted by Gasteiger charge is -2.18. The van der Waals surface area contributed by atoms with Crippen LogP contribution in [0.4, 0.5) is 11.4 Å². The van der Waals surface area contributed by atoms with Crippen molar-refractivity contribution in [2.45, 2.75) is 10.1 Å². The maximum atomic E-state index is 13.9. The molecule has 0 heterocycles. The fourth-order valence-electron chi connectivity index (χ4n) is 5.19. The van der Waals surface area contributed by atoms with E-state index in [9.17, 15) is 14.4 Å². The molecule has 242 valence electrons. The van der Waals surface area contributed by atoms with Gasteiger partial charge in [0.05, 0.1) is 0 Å². The van der Waals surface area contributed by atoms with E-state index in [0.29, 0.717) is 27.0 Å². The number of carbonyl (C=O) groups excluding carboxylic acids is 3. The molecule has 0 saturated heterocycles. The first-order valence-corrected chi connectivity index (χ1v) is 16.9. The molecule has 3 N–H and O–H groups in total. The second-order valence-electron chi connectivity index (χ2n) is 11.0. The Bertz CT molecular complexity index is 2150. The molecule has 0 aromatic heterocycles. The Kier molecular flexibility index (Phi) is 10.8. The molecule has 3 amide bonds. The lowest BCUT2D eigenvalue weighted by atomic mass is 10.0. The van der Waals surface area contributed by atoms with Crippen LogP contribution in [0.2, 0.25) is 10.0 Å². The summed E-state index contributed by atoms with van der Waals surface area (Å²) in [4.78, 5) is 41.5. The minimum atomic E-state index is -0.642. The Morgan fingerprint density at radius 1 is 0.633 bits per heavy atom. The Hall–Kier alpha value is -5.34. The highest BCUT2D eigenvalue weighted by molar-refractivity contribution is 8.00. The number of hydrogen-bond donors (Lipinski definition) is 3. The Morgan fingerprint density at radius 2 is 1.29 bits per heavy atom. The Morgan fingerprint density at radius 3 is 2.04 bits per heavy atom. The second kappa shape index (κ2) is 15.7. The van der Waals surface area contributed by atoms with Gasteiger partial charge >= 0.3 is 0 Å². The minimum Gasteiger partial charge on any atom is -0.325 e. The van der Waals surface area contributed by atoms with Crippen LogP contribution in [-0.4, -0.2) is 17.7 Å². The number of anilines is 2. The zero-order valence-electron chi connectivity index (χ0n) is 25.9. The van der Waals surface area contributed by atoms with E-state index in [1.54, 1.807) is 66.7 Å². The summed E-state index contributed by atoms with van der Waals surface area (Å²) in [5.41, 5.74) is 3.03. The summed E-state index contributed by atoms with van der Waals surface area (Å²) in [6, 6.07) is 43.8. The fraction of sp³-hybridized carbons (Fsp3) is 0.0250. The smallest absolute Gasteiger partial charge is 0.272 e. The average molecular weight is 703 g/mol. The van der Waals surface area contributed by atoms with Crippen molar-refractivity contribution in [3.8, 4) is 0 Å². The van der Waals surface area contributed by atoms with Crippen molar-refractivity contribution >= 4 is 80.9 Å². The van der Waals surface area contributed by atoms with Gasteiger partial charge in [-0.1, -0.05) is 120 Å². The normalized spacial score (nSPS) is 11.8. The van der Waals surface area contributed by atoms with Crippen molar-refractivity contribution in [3.63, 3.8) is 0 Å². The van der Waals surface area contributed by atoms with Crippen LogP contribution in [0.5, 0.6) is 0 Å². The van der Waals surface area contributed by atoms with Crippen LogP contribution in [0.25, 0.3) is 16.8 Å². The summed E-state index contributed by atoms with van der Waals surface area (Å²) in [7, 11) is 0. The zero-order valence-corrected chi connectivity index (χ0v) is 28.2. The summed E-state index contributed by atoms with van der Waals surface area (Å²) in [5.74, 6) is -1.19. The lowest BCUT2D eigenvalue weighted by molar-refractivity contribution is -0.116. The predicted molar refractivity (Wildman–Crippen MR) is 201 cm³/mol. The Labute approximate surface area is 298 Å². The molecule has 6 rings (SSSR count). The van der Waals surface area contributed by atoms with Crippen LogP contribution in [-0.2, 0) is 9.59 Å². The third-order valence-corrected chi connectivity index (χ3v) is 9.15. The largest absolute Gasteiger partial charge is 0.325 e. The molecule has 6 aromatic carbocycles. The summed E-state index contributed by atoms with van der Waals surface area (Å²) < 4.78 is 0. The monoisotopic (exact) mass is 701 g/mol. The van der Waals surface area contributed by atoms with Gasteiger partial charge in [-0.3, -0.25) is 14.4 Å². The number of fused-ring (bicyclic) bond motifs is 1. The number of carbonyl (C=O) groups is 3. The molecule has 6 aromatic rings. The maximum Gasteiger partial charge on any atom is 0.272 e. The molecule has 49 heavy (non-hydrogen) atoms. The Balaban J connectivity index is 1.27. The van der Waals surface area contributed by atoms with E-state index in [1.165, 1.54) is 11.8 Å². The van der Waals surface area contributed by atoms with Gasteiger partial charge in [-0.25, -0.2) is 0 Å². The number of hydrogen-bond acceptors (Lipinski definition) is 4. The van der Waals surface area contributed by atoms with Gasteiger partial charge in [-0.05, 0) is 76.5 Å². The predicted octanol–water partition coefficient (Wildman–Crippen LogP) is 10.0. The van der Waals surface area contributed by atoms with Gasteiger partial charge in [0.25, 0.3) is 11.8 Å². The SMILES string of the molecule is O=C(Nc1cccc(SC(C(=O)Nc2cc(Cl)cc(Cl)c2)c2ccccc2)c1)/C(=C\c1cccc2ccccc12)NC(=O)c1ccccc1. The topological polar surface area (TPSA) is 87.3 Å². The third-order valence-electron chi connectivity index (χ3n) is 7.47. The maximum absolute atomic E-state index is 13.9. The van der Waals surface area contributed by atoms with E-state index in [-0.39, 0.29) is 11.6 Å². The molecule has 1 atom stereocenters. The van der Waals surface area contributed by atoms with Crippen molar-refractivity contribution in [2.75, 3.05) is 10.6 Å². The van der Waals surface area contributed by atoms with Crippen LogP contribution < -0.4 is 16.0 Å². The molecule has 0 saturated carbocycles. The van der Waals surface area contributed by atoms with Gasteiger partial charge in [0.2, 0.25) is 5.91 Å². The van der Waals surface area contributed by atoms with Crippen LogP contribution in [0.1, 0.15) is 26.7 Å². The summed E-state index contributed by atoms with van der Waals surface area (Å²) in [5, 5.41) is 10.8. The number of benzene rings is 6. The van der Waals surface area contributed by atoms with Crippen molar-refractivity contribution in [1.29, 1.82) is 0 Å². The minimum absolute atomic E-state index is 0.0741. The lowest BCUT2D eigenvalue weighted by Crippen LogP contribution is -2.30. The first-order valence-electron chi connectivity index (χ1n) is 15.3. The molecule has 0 radical (unpaired) electrons. The van der Waals surface area contributed by atoms with Crippen LogP contribution in [0.3, 0.4) is 0 Å².